The van der Waals surface area contributed by atoms with Crippen LogP contribution in [-0.4, -0.2) is 17.7 Å². The van der Waals surface area contributed by atoms with Crippen molar-refractivity contribution in [1.29, 1.82) is 5.26 Å². The van der Waals surface area contributed by atoms with E-state index in [9.17, 15) is 4.79 Å². The lowest BCUT2D eigenvalue weighted by molar-refractivity contribution is 0.168. The van der Waals surface area contributed by atoms with Gasteiger partial charge in [-0.1, -0.05) is 12.1 Å². The van der Waals surface area contributed by atoms with Gasteiger partial charge in [-0.15, -0.1) is 0 Å². The van der Waals surface area contributed by atoms with E-state index in [4.69, 9.17) is 10.00 Å². The Balaban J connectivity index is 2.06. The number of rotatable bonds is 4. The highest BCUT2D eigenvalue weighted by Gasteiger charge is 2.04. The highest BCUT2D eigenvalue weighted by molar-refractivity contribution is 5.84. The molecule has 0 aliphatic carbocycles. The van der Waals surface area contributed by atoms with Gasteiger partial charge in [-0.25, -0.2) is 9.78 Å². The Labute approximate surface area is 122 Å². The summed E-state index contributed by atoms with van der Waals surface area (Å²) in [4.78, 5) is 15.4. The topological polar surface area (TPSA) is 87.0 Å². The van der Waals surface area contributed by atoms with Gasteiger partial charge >= 0.3 is 6.09 Å². The zero-order valence-corrected chi connectivity index (χ0v) is 11.5. The van der Waals surface area contributed by atoms with Crippen LogP contribution in [0.25, 0.3) is 0 Å². The molecule has 0 spiro atoms. The number of carbonyl (C=O) groups excluding carboxylic acids is 1. The van der Waals surface area contributed by atoms with Crippen LogP contribution in [0.3, 0.4) is 0 Å². The first-order valence-electron chi connectivity index (χ1n) is 6.39. The van der Waals surface area contributed by atoms with E-state index in [1.165, 1.54) is 6.20 Å². The van der Waals surface area contributed by atoms with Crippen LogP contribution in [0.2, 0.25) is 0 Å². The summed E-state index contributed by atoms with van der Waals surface area (Å²) in [5, 5.41) is 14.6. The SMILES string of the molecule is CCOC(=O)Nc1ccc(Nc2ccccc2C#N)nc1. The second kappa shape index (κ2) is 6.91. The van der Waals surface area contributed by atoms with E-state index < -0.39 is 6.09 Å². The maximum atomic E-state index is 11.3. The van der Waals surface area contributed by atoms with E-state index >= 15 is 0 Å². The molecular weight excluding hydrogens is 268 g/mol. The summed E-state index contributed by atoms with van der Waals surface area (Å²) in [6.07, 6.45) is 0.990. The minimum Gasteiger partial charge on any atom is -0.450 e. The standard InChI is InChI=1S/C15H14N4O2/c1-2-21-15(20)18-12-7-8-14(17-10-12)19-13-6-4-3-5-11(13)9-16/h3-8,10H,2H2,1H3,(H,17,19)(H,18,20). The van der Waals surface area contributed by atoms with Crippen molar-refractivity contribution in [3.05, 3.63) is 48.2 Å². The lowest BCUT2D eigenvalue weighted by Gasteiger charge is -2.08. The molecule has 0 aliphatic rings. The first-order chi connectivity index (χ1) is 10.2. The number of hydrogen-bond acceptors (Lipinski definition) is 5. The van der Waals surface area contributed by atoms with E-state index in [1.54, 1.807) is 37.3 Å². The fourth-order valence-corrected chi connectivity index (χ4v) is 1.65. The predicted octanol–water partition coefficient (Wildman–Crippen LogP) is 3.27. The minimum atomic E-state index is -0.519. The molecule has 0 radical (unpaired) electrons. The monoisotopic (exact) mass is 282 g/mol. The van der Waals surface area contributed by atoms with Crippen molar-refractivity contribution in [2.45, 2.75) is 6.92 Å². The summed E-state index contributed by atoms with van der Waals surface area (Å²) in [5.41, 5.74) is 1.75. The van der Waals surface area contributed by atoms with E-state index in [0.717, 1.165) is 0 Å². The van der Waals surface area contributed by atoms with Gasteiger partial charge in [0.25, 0.3) is 0 Å². The number of anilines is 3. The van der Waals surface area contributed by atoms with Crippen molar-refractivity contribution in [2.24, 2.45) is 0 Å². The van der Waals surface area contributed by atoms with Gasteiger partial charge in [0.15, 0.2) is 0 Å². The fraction of sp³-hybridized carbons (Fsp3) is 0.133. The number of nitrogens with zero attached hydrogens (tertiary/aromatic N) is 2. The van der Waals surface area contributed by atoms with Crippen LogP contribution in [-0.2, 0) is 4.74 Å². The van der Waals surface area contributed by atoms with E-state index in [2.05, 4.69) is 21.7 Å². The van der Waals surface area contributed by atoms with Gasteiger partial charge < -0.3 is 10.1 Å². The molecule has 0 saturated heterocycles. The van der Waals surface area contributed by atoms with E-state index in [1.807, 2.05) is 6.07 Å². The van der Waals surface area contributed by atoms with Crippen molar-refractivity contribution in [1.82, 2.24) is 4.98 Å². The molecule has 1 aromatic carbocycles. The molecular formula is C15H14N4O2. The summed E-state index contributed by atoms with van der Waals surface area (Å²) < 4.78 is 4.77. The van der Waals surface area contributed by atoms with E-state index in [-0.39, 0.29) is 0 Å². The van der Waals surface area contributed by atoms with Crippen molar-refractivity contribution >= 4 is 23.3 Å². The number of carbonyl (C=O) groups is 1. The zero-order valence-electron chi connectivity index (χ0n) is 11.5. The average molecular weight is 282 g/mol. The van der Waals surface area contributed by atoms with Crippen LogP contribution in [0.1, 0.15) is 12.5 Å². The predicted molar refractivity (Wildman–Crippen MR) is 79.3 cm³/mol. The van der Waals surface area contributed by atoms with Gasteiger partial charge in [0, 0.05) is 0 Å². The van der Waals surface area contributed by atoms with Crippen LogP contribution >= 0.6 is 0 Å². The maximum Gasteiger partial charge on any atom is 0.411 e. The molecule has 0 unspecified atom stereocenters. The van der Waals surface area contributed by atoms with Crippen molar-refractivity contribution in [3.8, 4) is 6.07 Å². The van der Waals surface area contributed by atoms with Crippen molar-refractivity contribution in [2.75, 3.05) is 17.2 Å². The van der Waals surface area contributed by atoms with Gasteiger partial charge in [0.1, 0.15) is 11.9 Å². The van der Waals surface area contributed by atoms with Gasteiger partial charge in [-0.3, -0.25) is 5.32 Å². The molecule has 0 atom stereocenters. The molecule has 2 N–H and O–H groups in total. The Hall–Kier alpha value is -3.07. The van der Waals surface area contributed by atoms with Crippen LogP contribution in [0, 0.1) is 11.3 Å². The number of para-hydroxylation sites is 1. The van der Waals surface area contributed by atoms with Gasteiger partial charge in [0.05, 0.1) is 29.7 Å². The second-order valence-electron chi connectivity index (χ2n) is 4.06. The first-order valence-corrected chi connectivity index (χ1v) is 6.39. The molecule has 2 aromatic rings. The summed E-state index contributed by atoms with van der Waals surface area (Å²) in [7, 11) is 0. The third-order valence-corrected chi connectivity index (χ3v) is 2.60. The Morgan fingerprint density at radius 2 is 2.14 bits per heavy atom. The van der Waals surface area contributed by atoms with Crippen LogP contribution < -0.4 is 10.6 Å². The normalized spacial score (nSPS) is 9.52. The molecule has 1 aromatic heterocycles. The van der Waals surface area contributed by atoms with Gasteiger partial charge in [0.2, 0.25) is 0 Å². The number of aromatic nitrogens is 1. The molecule has 6 nitrogen and oxygen atoms in total. The molecule has 6 heteroatoms. The fourth-order valence-electron chi connectivity index (χ4n) is 1.65. The highest BCUT2D eigenvalue weighted by atomic mass is 16.5. The molecule has 2 rings (SSSR count). The van der Waals surface area contributed by atoms with E-state index in [0.29, 0.717) is 29.4 Å². The van der Waals surface area contributed by atoms with Gasteiger partial charge in [-0.2, -0.15) is 5.26 Å². The lowest BCUT2D eigenvalue weighted by Crippen LogP contribution is -2.13. The average Bonchev–Trinajstić information content (AvgIpc) is 2.50. The molecule has 21 heavy (non-hydrogen) atoms. The molecule has 1 amide bonds. The summed E-state index contributed by atoms with van der Waals surface area (Å²) in [6.45, 7) is 2.04. The number of hydrogen-bond donors (Lipinski definition) is 2. The van der Waals surface area contributed by atoms with Crippen LogP contribution in [0.15, 0.2) is 42.6 Å². The molecule has 0 aliphatic heterocycles. The summed E-state index contributed by atoms with van der Waals surface area (Å²) in [6, 6.07) is 12.6. The zero-order chi connectivity index (χ0) is 15.1. The number of benzene rings is 1. The van der Waals surface area contributed by atoms with Crippen LogP contribution in [0.5, 0.6) is 0 Å². The Bertz CT molecular complexity index is 662. The molecule has 1 heterocycles. The number of nitrogens with one attached hydrogen (secondary N) is 2. The highest BCUT2D eigenvalue weighted by Crippen LogP contribution is 2.19. The first kappa shape index (κ1) is 14.3. The second-order valence-corrected chi connectivity index (χ2v) is 4.06. The smallest absolute Gasteiger partial charge is 0.411 e. The van der Waals surface area contributed by atoms with Crippen LogP contribution in [0.4, 0.5) is 22.0 Å². The molecule has 0 saturated carbocycles. The summed E-state index contributed by atoms with van der Waals surface area (Å²) >= 11 is 0. The maximum absolute atomic E-state index is 11.3. The Morgan fingerprint density at radius 3 is 2.81 bits per heavy atom. The van der Waals surface area contributed by atoms with Crippen molar-refractivity contribution in [3.63, 3.8) is 0 Å². The molecule has 0 bridgehead atoms. The Morgan fingerprint density at radius 1 is 1.33 bits per heavy atom. The Kier molecular flexibility index (Phi) is 4.72. The third kappa shape index (κ3) is 3.94. The third-order valence-electron chi connectivity index (χ3n) is 2.60. The van der Waals surface area contributed by atoms with Gasteiger partial charge in [-0.05, 0) is 31.2 Å². The number of ether oxygens (including phenoxy) is 1. The minimum absolute atomic E-state index is 0.309. The lowest BCUT2D eigenvalue weighted by atomic mass is 10.2. The van der Waals surface area contributed by atoms with Crippen molar-refractivity contribution < 1.29 is 9.53 Å². The number of amides is 1. The summed E-state index contributed by atoms with van der Waals surface area (Å²) in [5.74, 6) is 0.576. The number of pyridine rings is 1. The molecule has 106 valence electrons. The molecule has 0 fully saturated rings. The number of nitriles is 1. The quantitative estimate of drug-likeness (QED) is 0.898. The largest absolute Gasteiger partial charge is 0.450 e.